The molecule has 0 aliphatic heterocycles. The zero-order valence-electron chi connectivity index (χ0n) is 14.2. The first-order valence-electron chi connectivity index (χ1n) is 8.43. The largest absolute Gasteiger partial charge is 0.351 e. The Morgan fingerprint density at radius 3 is 2.04 bits per heavy atom. The van der Waals surface area contributed by atoms with E-state index in [9.17, 15) is 9.59 Å². The van der Waals surface area contributed by atoms with Crippen molar-refractivity contribution in [3.63, 3.8) is 0 Å². The Balaban J connectivity index is 1.60. The molecule has 0 fully saturated rings. The van der Waals surface area contributed by atoms with E-state index in [1.165, 1.54) is 11.3 Å². The lowest BCUT2D eigenvalue weighted by molar-refractivity contribution is -0.121. The van der Waals surface area contributed by atoms with Gasteiger partial charge in [-0.15, -0.1) is 0 Å². The van der Waals surface area contributed by atoms with E-state index in [2.05, 4.69) is 10.6 Å². The standard InChI is InChI=1S/C21H20N2O2S/c24-19(11-13-22-21(25)18-12-14-26-15-18)23-20(16-7-3-1-4-8-16)17-9-5-2-6-10-17/h1-10,12,14-15,20H,11,13H2,(H,22,25)(H,23,24). The number of rotatable bonds is 7. The predicted octanol–water partition coefficient (Wildman–Crippen LogP) is 3.77. The van der Waals surface area contributed by atoms with Crippen molar-refractivity contribution >= 4 is 23.2 Å². The lowest BCUT2D eigenvalue weighted by Gasteiger charge is -2.20. The molecule has 132 valence electrons. The third-order valence-electron chi connectivity index (χ3n) is 3.99. The van der Waals surface area contributed by atoms with Gasteiger partial charge in [0.2, 0.25) is 5.91 Å². The van der Waals surface area contributed by atoms with Gasteiger partial charge in [0.1, 0.15) is 0 Å². The van der Waals surface area contributed by atoms with Crippen LogP contribution in [0.3, 0.4) is 0 Å². The molecule has 2 N–H and O–H groups in total. The second-order valence-corrected chi connectivity index (χ2v) is 6.62. The first-order valence-corrected chi connectivity index (χ1v) is 9.38. The third kappa shape index (κ3) is 4.80. The van der Waals surface area contributed by atoms with Gasteiger partial charge in [-0.2, -0.15) is 11.3 Å². The number of amides is 2. The van der Waals surface area contributed by atoms with Crippen LogP contribution >= 0.6 is 11.3 Å². The van der Waals surface area contributed by atoms with E-state index in [-0.39, 0.29) is 24.3 Å². The SMILES string of the molecule is O=C(CCNC(=O)c1ccsc1)NC(c1ccccc1)c1ccccc1. The molecular weight excluding hydrogens is 344 g/mol. The van der Waals surface area contributed by atoms with Crippen LogP contribution in [0.5, 0.6) is 0 Å². The van der Waals surface area contributed by atoms with E-state index in [1.807, 2.05) is 66.0 Å². The van der Waals surface area contributed by atoms with E-state index in [1.54, 1.807) is 11.4 Å². The molecule has 5 heteroatoms. The highest BCUT2D eigenvalue weighted by Crippen LogP contribution is 2.21. The van der Waals surface area contributed by atoms with Crippen LogP contribution in [0.4, 0.5) is 0 Å². The fourth-order valence-corrected chi connectivity index (χ4v) is 3.30. The van der Waals surface area contributed by atoms with Crippen LogP contribution in [0.1, 0.15) is 33.9 Å². The van der Waals surface area contributed by atoms with Crippen LogP contribution < -0.4 is 10.6 Å². The monoisotopic (exact) mass is 364 g/mol. The first-order chi connectivity index (χ1) is 12.7. The summed E-state index contributed by atoms with van der Waals surface area (Å²) in [6, 6.07) is 21.3. The molecule has 0 spiro atoms. The summed E-state index contributed by atoms with van der Waals surface area (Å²) in [6.07, 6.45) is 0.228. The van der Waals surface area contributed by atoms with Gasteiger partial charge in [0, 0.05) is 23.9 Å². The fraction of sp³-hybridized carbons (Fsp3) is 0.143. The van der Waals surface area contributed by atoms with Gasteiger partial charge in [-0.1, -0.05) is 60.7 Å². The topological polar surface area (TPSA) is 58.2 Å². The molecule has 4 nitrogen and oxygen atoms in total. The number of hydrogen-bond donors (Lipinski definition) is 2. The van der Waals surface area contributed by atoms with Gasteiger partial charge >= 0.3 is 0 Å². The summed E-state index contributed by atoms with van der Waals surface area (Å²) in [5.74, 6) is -0.255. The maximum atomic E-state index is 12.4. The highest BCUT2D eigenvalue weighted by molar-refractivity contribution is 7.08. The zero-order valence-corrected chi connectivity index (χ0v) is 15.0. The van der Waals surface area contributed by atoms with Gasteiger partial charge in [0.05, 0.1) is 6.04 Å². The number of benzene rings is 2. The minimum absolute atomic E-state index is 0.103. The minimum Gasteiger partial charge on any atom is -0.351 e. The molecule has 0 atom stereocenters. The van der Waals surface area contributed by atoms with E-state index in [0.717, 1.165) is 11.1 Å². The van der Waals surface area contributed by atoms with Crippen molar-refractivity contribution in [1.29, 1.82) is 0 Å². The van der Waals surface area contributed by atoms with Crippen LogP contribution in [0.25, 0.3) is 0 Å². The Morgan fingerprint density at radius 1 is 0.885 bits per heavy atom. The molecule has 0 radical (unpaired) electrons. The molecule has 26 heavy (non-hydrogen) atoms. The molecule has 2 aromatic carbocycles. The van der Waals surface area contributed by atoms with Crippen molar-refractivity contribution in [2.24, 2.45) is 0 Å². The van der Waals surface area contributed by atoms with Crippen molar-refractivity contribution in [2.45, 2.75) is 12.5 Å². The second-order valence-electron chi connectivity index (χ2n) is 5.84. The summed E-state index contributed by atoms with van der Waals surface area (Å²) in [7, 11) is 0. The normalized spacial score (nSPS) is 10.5. The number of hydrogen-bond acceptors (Lipinski definition) is 3. The van der Waals surface area contributed by atoms with Gasteiger partial charge < -0.3 is 10.6 Å². The van der Waals surface area contributed by atoms with E-state index in [4.69, 9.17) is 0 Å². The van der Waals surface area contributed by atoms with Gasteiger partial charge in [-0.05, 0) is 22.6 Å². The molecule has 0 saturated heterocycles. The molecule has 0 bridgehead atoms. The molecule has 0 saturated carbocycles. The van der Waals surface area contributed by atoms with Crippen LogP contribution in [0, 0.1) is 0 Å². The smallest absolute Gasteiger partial charge is 0.252 e. The highest BCUT2D eigenvalue weighted by atomic mass is 32.1. The molecule has 3 rings (SSSR count). The third-order valence-corrected chi connectivity index (χ3v) is 4.68. The van der Waals surface area contributed by atoms with Crippen LogP contribution in [0.15, 0.2) is 77.5 Å². The molecule has 0 aliphatic carbocycles. The van der Waals surface area contributed by atoms with Gasteiger partial charge in [0.15, 0.2) is 0 Å². The number of carbonyl (C=O) groups is 2. The van der Waals surface area contributed by atoms with E-state index >= 15 is 0 Å². The highest BCUT2D eigenvalue weighted by Gasteiger charge is 2.16. The molecule has 1 aromatic heterocycles. The van der Waals surface area contributed by atoms with Crippen LogP contribution in [0.2, 0.25) is 0 Å². The van der Waals surface area contributed by atoms with Crippen molar-refractivity contribution < 1.29 is 9.59 Å². The lowest BCUT2D eigenvalue weighted by Crippen LogP contribution is -2.33. The Kier molecular flexibility index (Phi) is 6.17. The maximum Gasteiger partial charge on any atom is 0.252 e. The number of thiophene rings is 1. The van der Waals surface area contributed by atoms with E-state index < -0.39 is 0 Å². The van der Waals surface area contributed by atoms with Crippen molar-refractivity contribution in [2.75, 3.05) is 6.54 Å². The molecule has 0 unspecified atom stereocenters. The van der Waals surface area contributed by atoms with E-state index in [0.29, 0.717) is 12.1 Å². The van der Waals surface area contributed by atoms with Crippen molar-refractivity contribution in [1.82, 2.24) is 10.6 Å². The molecular formula is C21H20N2O2S. The molecule has 2 amide bonds. The zero-order chi connectivity index (χ0) is 18.2. The lowest BCUT2D eigenvalue weighted by atomic mass is 9.98. The summed E-state index contributed by atoms with van der Waals surface area (Å²) in [5.41, 5.74) is 2.67. The van der Waals surface area contributed by atoms with Gasteiger partial charge in [-0.3, -0.25) is 9.59 Å². The molecule has 3 aromatic rings. The summed E-state index contributed by atoms with van der Waals surface area (Å²) < 4.78 is 0. The summed E-state index contributed by atoms with van der Waals surface area (Å²) in [5, 5.41) is 9.49. The van der Waals surface area contributed by atoms with Crippen LogP contribution in [-0.2, 0) is 4.79 Å². The fourth-order valence-electron chi connectivity index (χ4n) is 2.67. The molecule has 0 aliphatic rings. The van der Waals surface area contributed by atoms with Crippen LogP contribution in [-0.4, -0.2) is 18.4 Å². The average Bonchev–Trinajstić information content (AvgIpc) is 3.22. The Morgan fingerprint density at radius 2 is 1.50 bits per heavy atom. The first kappa shape index (κ1) is 17.9. The predicted molar refractivity (Wildman–Crippen MR) is 104 cm³/mol. The Labute approximate surface area is 156 Å². The quantitative estimate of drug-likeness (QED) is 0.670. The van der Waals surface area contributed by atoms with Gasteiger partial charge in [0.25, 0.3) is 5.91 Å². The van der Waals surface area contributed by atoms with Gasteiger partial charge in [-0.25, -0.2) is 0 Å². The Bertz CT molecular complexity index is 793. The Hall–Kier alpha value is -2.92. The summed E-state index contributed by atoms with van der Waals surface area (Å²) in [4.78, 5) is 24.3. The maximum absolute atomic E-state index is 12.4. The number of nitrogens with one attached hydrogen (secondary N) is 2. The summed E-state index contributed by atoms with van der Waals surface area (Å²) >= 11 is 1.47. The second kappa shape index (κ2) is 8.97. The molecule has 1 heterocycles. The minimum atomic E-state index is -0.211. The van der Waals surface area contributed by atoms with Crippen molar-refractivity contribution in [3.05, 3.63) is 94.2 Å². The average molecular weight is 364 g/mol. The number of carbonyl (C=O) groups excluding carboxylic acids is 2. The van der Waals surface area contributed by atoms with Crippen molar-refractivity contribution in [3.8, 4) is 0 Å². The summed E-state index contributed by atoms with van der Waals surface area (Å²) in [6.45, 7) is 0.302.